The van der Waals surface area contributed by atoms with Crippen molar-refractivity contribution in [3.8, 4) is 6.07 Å². The van der Waals surface area contributed by atoms with Crippen LogP contribution in [-0.2, 0) is 9.59 Å². The molecular formula is C29H29F4N7O2S. The number of halogens is 4. The number of alkyl halides is 3. The number of thiazole rings is 1. The predicted octanol–water partition coefficient (Wildman–Crippen LogP) is 4.63. The number of nitriles is 1. The molecule has 3 atom stereocenters. The van der Waals surface area contributed by atoms with Crippen molar-refractivity contribution in [1.29, 1.82) is 5.26 Å². The zero-order chi connectivity index (χ0) is 31.1. The third kappa shape index (κ3) is 6.33. The molecule has 1 N–H and O–H groups in total. The van der Waals surface area contributed by atoms with Crippen molar-refractivity contribution in [2.24, 2.45) is 10.9 Å². The number of dihydropyridines is 1. The molecule has 0 radical (unpaired) electrons. The molecule has 2 aromatic rings. The van der Waals surface area contributed by atoms with E-state index in [2.05, 4.69) is 20.2 Å². The number of nitrogens with one attached hydrogen (secondary N) is 1. The number of carbonyl (C=O) groups excluding carboxylic acids is 2. The molecule has 3 aliphatic heterocycles. The minimum absolute atomic E-state index is 0.0810. The first kappa shape index (κ1) is 30.4. The molecule has 0 aliphatic carbocycles. The Bertz CT molecular complexity index is 1560. The van der Waals surface area contributed by atoms with Gasteiger partial charge in [0.2, 0.25) is 5.91 Å². The van der Waals surface area contributed by atoms with E-state index in [4.69, 9.17) is 5.26 Å². The van der Waals surface area contributed by atoms with Gasteiger partial charge >= 0.3 is 6.18 Å². The fraction of sp³-hybridized carbons (Fsp3) is 0.414. The summed E-state index contributed by atoms with van der Waals surface area (Å²) in [6.07, 6.45) is -1.47. The predicted molar refractivity (Wildman–Crippen MR) is 157 cm³/mol. The van der Waals surface area contributed by atoms with Crippen LogP contribution in [0.2, 0.25) is 0 Å². The quantitative estimate of drug-likeness (QED) is 0.489. The van der Waals surface area contributed by atoms with E-state index in [0.29, 0.717) is 54.7 Å². The third-order valence-corrected chi connectivity index (χ3v) is 8.89. The summed E-state index contributed by atoms with van der Waals surface area (Å²) >= 11 is 1.30. The molecule has 0 saturated carbocycles. The lowest BCUT2D eigenvalue weighted by Gasteiger charge is -2.44. The average Bonchev–Trinajstić information content (AvgIpc) is 3.45. The molecule has 9 nitrogen and oxygen atoms in total. The van der Waals surface area contributed by atoms with Gasteiger partial charge in [0, 0.05) is 61.5 Å². The number of hydrogen-bond acceptors (Lipinski definition) is 8. The SMILES string of the molecule is C[C@@H]1CN(c2cc(F)c(C3=CCCN(c4nc(C#N)cs4)C3)cc2NC(=O)C2C=NC(=O)C=C2C(F)(F)F)C[C@H](C)N1C. The molecule has 5 rings (SSSR count). The number of benzene rings is 1. The van der Waals surface area contributed by atoms with Crippen LogP contribution >= 0.6 is 11.3 Å². The highest BCUT2D eigenvalue weighted by Gasteiger charge is 2.43. The highest BCUT2D eigenvalue weighted by molar-refractivity contribution is 7.13. The molecule has 14 heteroatoms. The van der Waals surface area contributed by atoms with Crippen molar-refractivity contribution in [2.75, 3.05) is 48.3 Å². The minimum atomic E-state index is -4.93. The Kier molecular flexibility index (Phi) is 8.40. The summed E-state index contributed by atoms with van der Waals surface area (Å²) in [5, 5.41) is 14.0. The van der Waals surface area contributed by atoms with E-state index in [1.807, 2.05) is 42.8 Å². The Hall–Kier alpha value is -4.09. The first-order valence-corrected chi connectivity index (χ1v) is 14.5. The number of hydrogen-bond donors (Lipinski definition) is 1. The van der Waals surface area contributed by atoms with E-state index in [0.717, 1.165) is 0 Å². The zero-order valence-corrected chi connectivity index (χ0v) is 24.5. The highest BCUT2D eigenvalue weighted by Crippen LogP contribution is 2.38. The molecule has 1 aromatic carbocycles. The van der Waals surface area contributed by atoms with E-state index in [1.165, 1.54) is 23.5 Å². The van der Waals surface area contributed by atoms with Crippen LogP contribution in [0.3, 0.4) is 0 Å². The van der Waals surface area contributed by atoms with Gasteiger partial charge in [0.05, 0.1) is 16.9 Å². The number of aliphatic imine (C=N–C) groups is 1. The molecule has 226 valence electrons. The second-order valence-corrected chi connectivity index (χ2v) is 11.7. The Balaban J connectivity index is 1.52. The van der Waals surface area contributed by atoms with Crippen LogP contribution in [0.5, 0.6) is 0 Å². The summed E-state index contributed by atoms with van der Waals surface area (Å²) in [6.45, 7) is 5.91. The molecular weight excluding hydrogens is 586 g/mol. The van der Waals surface area contributed by atoms with Crippen LogP contribution in [0.15, 0.2) is 40.2 Å². The Morgan fingerprint density at radius 2 is 1.91 bits per heavy atom. The lowest BCUT2D eigenvalue weighted by molar-refractivity contribution is -0.124. The smallest absolute Gasteiger partial charge is 0.367 e. The van der Waals surface area contributed by atoms with Crippen molar-refractivity contribution in [2.45, 2.75) is 38.5 Å². The monoisotopic (exact) mass is 615 g/mol. The van der Waals surface area contributed by atoms with E-state index in [9.17, 15) is 22.8 Å². The van der Waals surface area contributed by atoms with Gasteiger partial charge < -0.3 is 15.1 Å². The fourth-order valence-corrected chi connectivity index (χ4v) is 6.28. The summed E-state index contributed by atoms with van der Waals surface area (Å²) in [5.74, 6) is -4.54. The molecule has 0 bridgehead atoms. The standard InChI is InChI=1S/C29H29F4N7O2S/c1-16-12-40(13-17(2)38(16)3)25-9-23(30)20(18-5-4-6-39(14-18)28-36-19(10-34)15-43-28)7-24(25)37-27(42)21-11-35-26(41)8-22(21)29(31,32)33/h5,7-9,11,15-17,21H,4,6,12-14H2,1-3H3,(H,37,42)/t16-,17+,21?. The van der Waals surface area contributed by atoms with Gasteiger partial charge in [-0.3, -0.25) is 14.5 Å². The molecule has 1 aromatic heterocycles. The van der Waals surface area contributed by atoms with Crippen LogP contribution in [0.25, 0.3) is 5.57 Å². The maximum atomic E-state index is 15.9. The topological polar surface area (TPSA) is 105 Å². The normalized spacial score (nSPS) is 23.1. The van der Waals surface area contributed by atoms with Gasteiger partial charge in [-0.15, -0.1) is 11.3 Å². The van der Waals surface area contributed by atoms with Crippen LogP contribution in [-0.4, -0.2) is 79.4 Å². The van der Waals surface area contributed by atoms with Gasteiger partial charge in [-0.2, -0.15) is 18.4 Å². The van der Waals surface area contributed by atoms with E-state index in [1.54, 1.807) is 5.38 Å². The molecule has 3 aliphatic rings. The van der Waals surface area contributed by atoms with Crippen molar-refractivity contribution < 1.29 is 27.2 Å². The number of amides is 2. The van der Waals surface area contributed by atoms with E-state index >= 15 is 4.39 Å². The highest BCUT2D eigenvalue weighted by atomic mass is 32.1. The Morgan fingerprint density at radius 3 is 2.56 bits per heavy atom. The molecule has 1 saturated heterocycles. The zero-order valence-electron chi connectivity index (χ0n) is 23.7. The van der Waals surface area contributed by atoms with Gasteiger partial charge in [0.25, 0.3) is 5.91 Å². The molecule has 1 fully saturated rings. The Labute approximate surface area is 249 Å². The second-order valence-electron chi connectivity index (χ2n) is 10.9. The number of aromatic nitrogens is 1. The van der Waals surface area contributed by atoms with E-state index < -0.39 is 35.3 Å². The summed E-state index contributed by atoms with van der Waals surface area (Å²) in [5.41, 5.74) is 0.260. The molecule has 1 unspecified atom stereocenters. The van der Waals surface area contributed by atoms with Crippen molar-refractivity contribution >= 4 is 51.4 Å². The van der Waals surface area contributed by atoms with Gasteiger partial charge in [-0.05, 0) is 45.0 Å². The van der Waals surface area contributed by atoms with Crippen LogP contribution in [0.4, 0.5) is 34.1 Å². The summed E-state index contributed by atoms with van der Waals surface area (Å²) in [4.78, 5) is 38.7. The fourth-order valence-electron chi connectivity index (χ4n) is 5.50. The lowest BCUT2D eigenvalue weighted by Crippen LogP contribution is -2.55. The molecule has 2 amide bonds. The van der Waals surface area contributed by atoms with Gasteiger partial charge in [0.15, 0.2) is 10.8 Å². The molecule has 4 heterocycles. The maximum absolute atomic E-state index is 15.9. The number of carbonyl (C=O) groups is 2. The van der Waals surface area contributed by atoms with Gasteiger partial charge in [-0.1, -0.05) is 6.08 Å². The summed E-state index contributed by atoms with van der Waals surface area (Å²) in [6, 6.07) is 4.93. The number of likely N-dealkylation sites (N-methyl/N-ethyl adjacent to an activating group) is 1. The lowest BCUT2D eigenvalue weighted by atomic mass is 9.95. The summed E-state index contributed by atoms with van der Waals surface area (Å²) in [7, 11) is 1.98. The van der Waals surface area contributed by atoms with E-state index in [-0.39, 0.29) is 35.6 Å². The first-order chi connectivity index (χ1) is 20.3. The second kappa shape index (κ2) is 11.9. The van der Waals surface area contributed by atoms with Crippen molar-refractivity contribution in [1.82, 2.24) is 9.88 Å². The Morgan fingerprint density at radius 1 is 1.19 bits per heavy atom. The number of nitrogens with zero attached hydrogens (tertiary/aromatic N) is 6. The van der Waals surface area contributed by atoms with Crippen LogP contribution in [0.1, 0.15) is 31.5 Å². The number of piperazine rings is 1. The van der Waals surface area contributed by atoms with Crippen LogP contribution in [0, 0.1) is 23.1 Å². The number of anilines is 3. The van der Waals surface area contributed by atoms with Gasteiger partial charge in [0.1, 0.15) is 17.8 Å². The summed E-state index contributed by atoms with van der Waals surface area (Å²) < 4.78 is 57.2. The first-order valence-electron chi connectivity index (χ1n) is 13.6. The maximum Gasteiger partial charge on any atom is 0.414 e. The molecule has 0 spiro atoms. The number of rotatable bonds is 5. The third-order valence-electron chi connectivity index (χ3n) is 7.99. The van der Waals surface area contributed by atoms with Crippen molar-refractivity contribution in [3.63, 3.8) is 0 Å². The minimum Gasteiger partial charge on any atom is -0.367 e. The average molecular weight is 616 g/mol. The van der Waals surface area contributed by atoms with Gasteiger partial charge in [-0.25, -0.2) is 14.4 Å². The van der Waals surface area contributed by atoms with Crippen LogP contribution < -0.4 is 15.1 Å². The van der Waals surface area contributed by atoms with Crippen molar-refractivity contribution in [3.05, 3.63) is 52.3 Å². The molecule has 43 heavy (non-hydrogen) atoms. The largest absolute Gasteiger partial charge is 0.414 e.